The summed E-state index contributed by atoms with van der Waals surface area (Å²) in [5, 5.41) is 2.90. The first-order valence-corrected chi connectivity index (χ1v) is 5.73. The lowest BCUT2D eigenvalue weighted by atomic mass is 10.4. The van der Waals surface area contributed by atoms with Crippen molar-refractivity contribution in [2.45, 2.75) is 0 Å². The summed E-state index contributed by atoms with van der Waals surface area (Å²) in [5.74, 6) is -1.63. The van der Waals surface area contributed by atoms with Crippen LogP contribution in [0.5, 0.6) is 0 Å². The fraction of sp³-hybridized carbons (Fsp3) is 0.500. The van der Waals surface area contributed by atoms with Gasteiger partial charge in [-0.1, -0.05) is 4.48 Å². The van der Waals surface area contributed by atoms with Crippen LogP contribution >= 0.6 is 0 Å². The number of nitrogens with one attached hydrogen (secondary N) is 1. The molecule has 10 heteroatoms. The fourth-order valence-corrected chi connectivity index (χ4v) is 1.44. The minimum absolute atomic E-state index is 0.109. The first-order valence-electron chi connectivity index (χ1n) is 4.12. The second kappa shape index (κ2) is 4.61. The van der Waals surface area contributed by atoms with Crippen LogP contribution in [0.4, 0.5) is 8.87 Å². The van der Waals surface area contributed by atoms with Crippen LogP contribution in [0.25, 0.3) is 0 Å². The quantitative estimate of drug-likeness (QED) is 0.407. The van der Waals surface area contributed by atoms with Crippen LogP contribution < -0.4 is 5.43 Å². The van der Waals surface area contributed by atoms with E-state index in [9.17, 15) is 17.3 Å². The summed E-state index contributed by atoms with van der Waals surface area (Å²) >= 11 is 0. The molecular formula is C6H10F2N4O3S. The SMILES string of the molecule is CN(CCS(=O)(=O)O)C1=NN(F)NC(F)=C1. The molecule has 0 aromatic carbocycles. The van der Waals surface area contributed by atoms with Crippen LogP contribution in [0.2, 0.25) is 0 Å². The molecule has 0 fully saturated rings. The van der Waals surface area contributed by atoms with Crippen LogP contribution in [-0.2, 0) is 10.1 Å². The first kappa shape index (κ1) is 12.6. The normalized spacial score (nSPS) is 16.4. The van der Waals surface area contributed by atoms with E-state index in [-0.39, 0.29) is 17.7 Å². The van der Waals surface area contributed by atoms with E-state index in [4.69, 9.17) is 4.55 Å². The zero-order valence-corrected chi connectivity index (χ0v) is 9.08. The van der Waals surface area contributed by atoms with Gasteiger partial charge in [-0.25, -0.2) is 5.43 Å². The summed E-state index contributed by atoms with van der Waals surface area (Å²) < 4.78 is 54.7. The zero-order chi connectivity index (χ0) is 12.3. The molecule has 1 heterocycles. The summed E-state index contributed by atoms with van der Waals surface area (Å²) in [6.45, 7) is -0.144. The maximum absolute atomic E-state index is 12.7. The Kier molecular flexibility index (Phi) is 3.65. The van der Waals surface area contributed by atoms with E-state index in [1.54, 1.807) is 5.43 Å². The largest absolute Gasteiger partial charge is 0.357 e. The Hall–Kier alpha value is -1.42. The average molecular weight is 256 g/mol. The highest BCUT2D eigenvalue weighted by Crippen LogP contribution is 2.06. The highest BCUT2D eigenvalue weighted by molar-refractivity contribution is 7.85. The summed E-state index contributed by atoms with van der Waals surface area (Å²) in [7, 11) is -2.74. The van der Waals surface area contributed by atoms with Crippen molar-refractivity contribution in [3.05, 3.63) is 12.0 Å². The van der Waals surface area contributed by atoms with E-state index in [0.29, 0.717) is 0 Å². The smallest absolute Gasteiger partial charge is 0.266 e. The molecule has 0 amide bonds. The lowest BCUT2D eigenvalue weighted by molar-refractivity contribution is -0.0291. The Morgan fingerprint density at radius 2 is 2.31 bits per heavy atom. The number of likely N-dealkylation sites (N-methyl/N-ethyl adjacent to an activating group) is 1. The van der Waals surface area contributed by atoms with Gasteiger partial charge >= 0.3 is 0 Å². The van der Waals surface area contributed by atoms with E-state index in [0.717, 1.165) is 6.08 Å². The highest BCUT2D eigenvalue weighted by Gasteiger charge is 2.16. The van der Waals surface area contributed by atoms with Crippen LogP contribution in [0.3, 0.4) is 0 Å². The molecule has 1 aliphatic heterocycles. The Bertz CT molecular complexity index is 421. The van der Waals surface area contributed by atoms with Crippen LogP contribution in [0.15, 0.2) is 17.1 Å². The van der Waals surface area contributed by atoms with E-state index in [1.165, 1.54) is 11.9 Å². The second-order valence-electron chi connectivity index (χ2n) is 3.03. The van der Waals surface area contributed by atoms with Crippen LogP contribution in [-0.4, -0.2) is 48.4 Å². The molecule has 16 heavy (non-hydrogen) atoms. The molecular weight excluding hydrogens is 246 g/mol. The molecule has 92 valence electrons. The molecule has 7 nitrogen and oxygen atoms in total. The van der Waals surface area contributed by atoms with E-state index >= 15 is 0 Å². The topological polar surface area (TPSA) is 85.2 Å². The van der Waals surface area contributed by atoms with Crippen molar-refractivity contribution in [2.75, 3.05) is 19.3 Å². The van der Waals surface area contributed by atoms with Crippen molar-refractivity contribution in [3.63, 3.8) is 0 Å². The molecule has 0 radical (unpaired) electrons. The molecule has 0 aromatic rings. The van der Waals surface area contributed by atoms with Gasteiger partial charge in [0.25, 0.3) is 10.1 Å². The van der Waals surface area contributed by atoms with Gasteiger partial charge in [0.05, 0.1) is 5.75 Å². The number of hydrogen-bond acceptors (Lipinski definition) is 6. The molecule has 1 aliphatic rings. The molecule has 0 aromatic heterocycles. The van der Waals surface area contributed by atoms with Gasteiger partial charge in [-0.2, -0.15) is 12.8 Å². The number of amidine groups is 1. The summed E-state index contributed by atoms with van der Waals surface area (Å²) in [6.07, 6.45) is 0.889. The predicted molar refractivity (Wildman–Crippen MR) is 51.8 cm³/mol. The number of halogens is 2. The standard InChI is InChI=1S/C6H10F2N4O3S/c1-11(2-3-16(13,14)15)6-4-5(7)9-12(8)10-6/h4,9H,2-3H2,1H3,(H,13,14,15). The lowest BCUT2D eigenvalue weighted by Gasteiger charge is -2.22. The molecule has 1 rings (SSSR count). The minimum atomic E-state index is -4.12. The molecule has 0 saturated carbocycles. The van der Waals surface area contributed by atoms with Crippen molar-refractivity contribution in [3.8, 4) is 0 Å². The summed E-state index contributed by atoms with van der Waals surface area (Å²) in [5.41, 5.74) is 1.62. The van der Waals surface area contributed by atoms with E-state index in [1.807, 2.05) is 0 Å². The molecule has 2 N–H and O–H groups in total. The van der Waals surface area contributed by atoms with Crippen molar-refractivity contribution >= 4 is 16.0 Å². The predicted octanol–water partition coefficient (Wildman–Crippen LogP) is -0.365. The van der Waals surface area contributed by atoms with Crippen molar-refractivity contribution in [1.82, 2.24) is 15.7 Å². The Balaban J connectivity index is 2.64. The third-order valence-electron chi connectivity index (χ3n) is 1.72. The lowest BCUT2D eigenvalue weighted by Crippen LogP contribution is -2.37. The Morgan fingerprint density at radius 3 is 2.81 bits per heavy atom. The van der Waals surface area contributed by atoms with Crippen LogP contribution in [0, 0.1) is 0 Å². The molecule has 0 aliphatic carbocycles. The Labute approximate surface area is 90.7 Å². The van der Waals surface area contributed by atoms with Gasteiger partial charge in [-0.05, 0) is 5.34 Å². The van der Waals surface area contributed by atoms with E-state index < -0.39 is 21.8 Å². The average Bonchev–Trinajstić information content (AvgIpc) is 2.11. The number of hydrazine groups is 1. The minimum Gasteiger partial charge on any atom is -0.357 e. The van der Waals surface area contributed by atoms with Gasteiger partial charge in [-0.3, -0.25) is 4.55 Å². The third kappa shape index (κ3) is 3.98. The monoisotopic (exact) mass is 256 g/mol. The molecule has 0 atom stereocenters. The van der Waals surface area contributed by atoms with Crippen molar-refractivity contribution < 1.29 is 21.8 Å². The molecule has 0 spiro atoms. The second-order valence-corrected chi connectivity index (χ2v) is 4.60. The fourth-order valence-electron chi connectivity index (χ4n) is 0.931. The third-order valence-corrected chi connectivity index (χ3v) is 2.42. The summed E-state index contributed by atoms with van der Waals surface area (Å²) in [4.78, 5) is 1.18. The van der Waals surface area contributed by atoms with E-state index in [2.05, 4.69) is 5.10 Å². The zero-order valence-electron chi connectivity index (χ0n) is 8.26. The van der Waals surface area contributed by atoms with Crippen LogP contribution in [0.1, 0.15) is 0 Å². The number of hydrogen-bond donors (Lipinski definition) is 2. The van der Waals surface area contributed by atoms with Crippen molar-refractivity contribution in [1.29, 1.82) is 0 Å². The van der Waals surface area contributed by atoms with Gasteiger partial charge in [0.1, 0.15) is 0 Å². The van der Waals surface area contributed by atoms with Gasteiger partial charge in [0.2, 0.25) is 5.95 Å². The van der Waals surface area contributed by atoms with Gasteiger partial charge in [0, 0.05) is 19.7 Å². The Morgan fingerprint density at radius 1 is 1.69 bits per heavy atom. The number of rotatable bonds is 3. The number of nitrogens with zero attached hydrogens (tertiary/aromatic N) is 3. The van der Waals surface area contributed by atoms with Gasteiger partial charge in [0.15, 0.2) is 5.84 Å². The molecule has 0 saturated heterocycles. The van der Waals surface area contributed by atoms with Gasteiger partial charge in [-0.15, -0.1) is 5.10 Å². The maximum atomic E-state index is 12.7. The maximum Gasteiger partial charge on any atom is 0.266 e. The highest BCUT2D eigenvalue weighted by atomic mass is 32.2. The first-order chi connectivity index (χ1) is 7.28. The summed E-state index contributed by atoms with van der Waals surface area (Å²) in [6, 6.07) is 0. The molecule has 0 unspecified atom stereocenters. The molecule has 0 bridgehead atoms. The van der Waals surface area contributed by atoms with Gasteiger partial charge < -0.3 is 4.90 Å². The van der Waals surface area contributed by atoms with Crippen molar-refractivity contribution in [2.24, 2.45) is 5.10 Å². The number of hydrazone groups is 1.